The van der Waals surface area contributed by atoms with Gasteiger partial charge in [0.25, 0.3) is 0 Å². The molecule has 2 heteroatoms. The Morgan fingerprint density at radius 2 is 2.06 bits per heavy atom. The van der Waals surface area contributed by atoms with Gasteiger partial charge in [-0.05, 0) is 55.2 Å². The first kappa shape index (κ1) is 13.0. The maximum atomic E-state index is 13.3. The Labute approximate surface area is 108 Å². The fraction of sp³-hybridized carbons (Fsp3) is 0.438. The van der Waals surface area contributed by atoms with E-state index in [1.807, 2.05) is 12.1 Å². The Hall–Kier alpha value is -1.44. The number of aliphatic imine (C=N–C) groups is 1. The maximum absolute atomic E-state index is 13.3. The molecule has 96 valence electrons. The summed E-state index contributed by atoms with van der Waals surface area (Å²) in [6, 6.07) is 5.55. The van der Waals surface area contributed by atoms with Crippen molar-refractivity contribution in [1.82, 2.24) is 0 Å². The van der Waals surface area contributed by atoms with Crippen molar-refractivity contribution in [3.05, 3.63) is 46.8 Å². The van der Waals surface area contributed by atoms with Crippen molar-refractivity contribution < 1.29 is 4.39 Å². The Kier molecular flexibility index (Phi) is 3.95. The summed E-state index contributed by atoms with van der Waals surface area (Å²) in [5, 5.41) is 0. The number of hydrogen-bond donors (Lipinski definition) is 0. The molecule has 0 aliphatic carbocycles. The lowest BCUT2D eigenvalue weighted by atomic mass is 10.0. The van der Waals surface area contributed by atoms with Crippen LogP contribution in [-0.4, -0.2) is 11.8 Å². The van der Waals surface area contributed by atoms with Crippen LogP contribution < -0.4 is 0 Å². The smallest absolute Gasteiger partial charge is 0.126 e. The van der Waals surface area contributed by atoms with Crippen LogP contribution in [0.15, 0.2) is 34.8 Å². The van der Waals surface area contributed by atoms with Crippen molar-refractivity contribution >= 4 is 5.71 Å². The molecule has 0 saturated heterocycles. The highest BCUT2D eigenvalue weighted by Crippen LogP contribution is 2.25. The normalized spacial score (nSPS) is 18.8. The van der Waals surface area contributed by atoms with Crippen LogP contribution in [0.4, 0.5) is 4.39 Å². The molecule has 0 bridgehead atoms. The molecule has 0 saturated carbocycles. The van der Waals surface area contributed by atoms with Crippen molar-refractivity contribution in [3.8, 4) is 0 Å². The fourth-order valence-electron chi connectivity index (χ4n) is 2.40. The number of benzene rings is 1. The Morgan fingerprint density at radius 1 is 1.28 bits per heavy atom. The minimum absolute atomic E-state index is 0.151. The van der Waals surface area contributed by atoms with E-state index in [4.69, 9.17) is 4.99 Å². The second-order valence-electron chi connectivity index (χ2n) is 4.87. The minimum Gasteiger partial charge on any atom is -0.277 e. The zero-order chi connectivity index (χ0) is 13.1. The number of rotatable bonds is 4. The van der Waals surface area contributed by atoms with E-state index in [2.05, 4.69) is 19.9 Å². The first-order valence-electron chi connectivity index (χ1n) is 6.70. The zero-order valence-corrected chi connectivity index (χ0v) is 11.3. The van der Waals surface area contributed by atoms with Crippen LogP contribution in [0, 0.1) is 12.7 Å². The van der Waals surface area contributed by atoms with Crippen molar-refractivity contribution in [2.24, 2.45) is 4.99 Å². The topological polar surface area (TPSA) is 12.4 Å². The Balaban J connectivity index is 2.31. The van der Waals surface area contributed by atoms with E-state index in [9.17, 15) is 4.39 Å². The van der Waals surface area contributed by atoms with E-state index < -0.39 is 0 Å². The first-order chi connectivity index (χ1) is 8.65. The van der Waals surface area contributed by atoms with E-state index in [1.54, 1.807) is 6.92 Å². The lowest BCUT2D eigenvalue weighted by molar-refractivity contribution is 0.618. The highest BCUT2D eigenvalue weighted by atomic mass is 19.1. The fourth-order valence-corrected chi connectivity index (χ4v) is 2.40. The molecule has 0 fully saturated rings. The molecular weight excluding hydrogens is 225 g/mol. The molecule has 1 heterocycles. The molecule has 18 heavy (non-hydrogen) atoms. The van der Waals surface area contributed by atoms with Crippen LogP contribution in [0.1, 0.15) is 44.2 Å². The molecule has 1 aromatic carbocycles. The number of allylic oxidation sites excluding steroid dienone is 1. The molecule has 1 aliphatic heterocycles. The summed E-state index contributed by atoms with van der Waals surface area (Å²) in [5.41, 5.74) is 4.13. The van der Waals surface area contributed by atoms with Gasteiger partial charge in [-0.25, -0.2) is 4.39 Å². The molecule has 1 atom stereocenters. The van der Waals surface area contributed by atoms with Crippen LogP contribution >= 0.6 is 0 Å². The molecule has 1 nitrogen and oxygen atoms in total. The van der Waals surface area contributed by atoms with Gasteiger partial charge in [0.1, 0.15) is 5.82 Å². The molecule has 0 radical (unpaired) electrons. The lowest BCUT2D eigenvalue weighted by Crippen LogP contribution is -2.02. The van der Waals surface area contributed by atoms with Gasteiger partial charge in [0.2, 0.25) is 0 Å². The van der Waals surface area contributed by atoms with Gasteiger partial charge < -0.3 is 0 Å². The van der Waals surface area contributed by atoms with E-state index in [1.165, 1.54) is 11.6 Å². The third kappa shape index (κ3) is 2.53. The van der Waals surface area contributed by atoms with E-state index in [0.29, 0.717) is 11.6 Å². The monoisotopic (exact) mass is 245 g/mol. The molecule has 0 N–H and O–H groups in total. The van der Waals surface area contributed by atoms with Gasteiger partial charge in [0.15, 0.2) is 0 Å². The minimum atomic E-state index is -0.151. The van der Waals surface area contributed by atoms with E-state index in [-0.39, 0.29) is 5.82 Å². The molecule has 1 unspecified atom stereocenters. The van der Waals surface area contributed by atoms with Gasteiger partial charge in [-0.3, -0.25) is 4.99 Å². The SMILES string of the molecule is CCCC1=CC(c2ccc(F)c(C)c2)=NC1CC. The number of hydrogen-bond acceptors (Lipinski definition) is 1. The predicted octanol–water partition coefficient (Wildman–Crippen LogP) is 4.44. The molecule has 2 rings (SSSR count). The summed E-state index contributed by atoms with van der Waals surface area (Å²) >= 11 is 0. The van der Waals surface area contributed by atoms with Gasteiger partial charge >= 0.3 is 0 Å². The van der Waals surface area contributed by atoms with E-state index >= 15 is 0 Å². The van der Waals surface area contributed by atoms with Crippen molar-refractivity contribution in [1.29, 1.82) is 0 Å². The number of nitrogens with zero attached hydrogens (tertiary/aromatic N) is 1. The van der Waals surface area contributed by atoms with Crippen molar-refractivity contribution in [3.63, 3.8) is 0 Å². The number of aryl methyl sites for hydroxylation is 1. The highest BCUT2D eigenvalue weighted by molar-refractivity contribution is 6.10. The summed E-state index contributed by atoms with van der Waals surface area (Å²) < 4.78 is 13.3. The average molecular weight is 245 g/mol. The van der Waals surface area contributed by atoms with Crippen LogP contribution in [0.3, 0.4) is 0 Å². The molecule has 0 amide bonds. The summed E-state index contributed by atoms with van der Waals surface area (Å²) in [4.78, 5) is 4.75. The third-order valence-corrected chi connectivity index (χ3v) is 3.42. The van der Waals surface area contributed by atoms with Gasteiger partial charge in [-0.15, -0.1) is 0 Å². The van der Waals surface area contributed by atoms with Crippen molar-refractivity contribution in [2.75, 3.05) is 0 Å². The van der Waals surface area contributed by atoms with Crippen LogP contribution in [0.5, 0.6) is 0 Å². The lowest BCUT2D eigenvalue weighted by Gasteiger charge is -2.08. The average Bonchev–Trinajstić information content (AvgIpc) is 2.76. The molecular formula is C16H20FN. The van der Waals surface area contributed by atoms with Gasteiger partial charge in [-0.2, -0.15) is 0 Å². The molecule has 1 aromatic rings. The number of halogens is 1. The Morgan fingerprint density at radius 3 is 2.67 bits per heavy atom. The van der Waals surface area contributed by atoms with Crippen LogP contribution in [0.25, 0.3) is 0 Å². The maximum Gasteiger partial charge on any atom is 0.126 e. The van der Waals surface area contributed by atoms with Gasteiger partial charge in [-0.1, -0.05) is 20.3 Å². The predicted molar refractivity (Wildman–Crippen MR) is 74.7 cm³/mol. The van der Waals surface area contributed by atoms with Crippen LogP contribution in [0.2, 0.25) is 0 Å². The largest absolute Gasteiger partial charge is 0.277 e. The van der Waals surface area contributed by atoms with E-state index in [0.717, 1.165) is 30.5 Å². The molecule has 1 aliphatic rings. The summed E-state index contributed by atoms with van der Waals surface area (Å²) in [6.07, 6.45) is 5.47. The van der Waals surface area contributed by atoms with Crippen molar-refractivity contribution in [2.45, 2.75) is 46.1 Å². The van der Waals surface area contributed by atoms with Crippen LogP contribution in [-0.2, 0) is 0 Å². The highest BCUT2D eigenvalue weighted by Gasteiger charge is 2.19. The van der Waals surface area contributed by atoms with Gasteiger partial charge in [0.05, 0.1) is 11.8 Å². The quantitative estimate of drug-likeness (QED) is 0.743. The molecule has 0 aromatic heterocycles. The third-order valence-electron chi connectivity index (χ3n) is 3.42. The van der Waals surface area contributed by atoms with Gasteiger partial charge in [0, 0.05) is 5.56 Å². The zero-order valence-electron chi connectivity index (χ0n) is 11.3. The first-order valence-corrected chi connectivity index (χ1v) is 6.70. The second-order valence-corrected chi connectivity index (χ2v) is 4.87. The standard InChI is InChI=1S/C16H20FN/c1-4-6-12-10-16(18-15(12)5-2)13-7-8-14(17)11(3)9-13/h7-10,15H,4-6H2,1-3H3. The second kappa shape index (κ2) is 5.47. The summed E-state index contributed by atoms with van der Waals surface area (Å²) in [7, 11) is 0. The Bertz CT molecular complexity index is 500. The summed E-state index contributed by atoms with van der Waals surface area (Å²) in [5.74, 6) is -0.151. The summed E-state index contributed by atoms with van der Waals surface area (Å²) in [6.45, 7) is 6.15. The molecule has 0 spiro atoms.